The predicted molar refractivity (Wildman–Crippen MR) is 270 cm³/mol. The van der Waals surface area contributed by atoms with Crippen LogP contribution in [0.5, 0.6) is 0 Å². The van der Waals surface area contributed by atoms with Gasteiger partial charge in [0.2, 0.25) is 0 Å². The van der Waals surface area contributed by atoms with Crippen molar-refractivity contribution in [2.75, 3.05) is 0 Å². The third kappa shape index (κ3) is 6.99. The molecular formula is C61H37F3N4. The molecular weight excluding hydrogens is 846 g/mol. The second kappa shape index (κ2) is 16.2. The Labute approximate surface area is 389 Å². The number of nitrogens with zero attached hydrogens (tertiary/aromatic N) is 4. The molecule has 0 radical (unpaired) electrons. The van der Waals surface area contributed by atoms with Gasteiger partial charge in [-0.3, -0.25) is 4.57 Å². The number of pyridine rings is 1. The molecule has 3 heterocycles. The quantitative estimate of drug-likeness (QED) is 0.160. The van der Waals surface area contributed by atoms with Crippen molar-refractivity contribution in [3.8, 4) is 73.2 Å². The Balaban J connectivity index is 1.20. The van der Waals surface area contributed by atoms with E-state index < -0.39 is 11.7 Å². The summed E-state index contributed by atoms with van der Waals surface area (Å²) < 4.78 is 48.9. The molecule has 0 atom stereocenters. The first-order valence-corrected chi connectivity index (χ1v) is 22.3. The fraction of sp³-hybridized carbons (Fsp3) is 0.0164. The summed E-state index contributed by atoms with van der Waals surface area (Å²) in [7, 11) is 0. The summed E-state index contributed by atoms with van der Waals surface area (Å²) in [4.78, 5) is 5.31. The van der Waals surface area contributed by atoms with Crippen molar-refractivity contribution < 1.29 is 13.2 Å². The van der Waals surface area contributed by atoms with E-state index in [-0.39, 0.29) is 11.1 Å². The number of halogens is 3. The Bertz CT molecular complexity index is 3750. The summed E-state index contributed by atoms with van der Waals surface area (Å²) in [6.07, 6.45) is -2.94. The molecule has 12 aromatic rings. The van der Waals surface area contributed by atoms with Gasteiger partial charge in [-0.05, 0) is 98.6 Å². The van der Waals surface area contributed by atoms with Gasteiger partial charge in [0.15, 0.2) is 0 Å². The summed E-state index contributed by atoms with van der Waals surface area (Å²) in [5.41, 5.74) is 11.9. The lowest BCUT2D eigenvalue weighted by atomic mass is 9.98. The van der Waals surface area contributed by atoms with E-state index in [1.807, 2.05) is 84.9 Å². The molecule has 0 bridgehead atoms. The van der Waals surface area contributed by atoms with E-state index in [0.717, 1.165) is 100 Å². The lowest BCUT2D eigenvalue weighted by Gasteiger charge is -2.18. The third-order valence-corrected chi connectivity index (χ3v) is 13.0. The fourth-order valence-electron chi connectivity index (χ4n) is 9.76. The lowest BCUT2D eigenvalue weighted by molar-refractivity contribution is -0.137. The van der Waals surface area contributed by atoms with Crippen LogP contribution in [-0.4, -0.2) is 14.1 Å². The van der Waals surface area contributed by atoms with Crippen LogP contribution in [0.15, 0.2) is 225 Å². The van der Waals surface area contributed by atoms with Crippen molar-refractivity contribution in [1.29, 1.82) is 5.26 Å². The van der Waals surface area contributed by atoms with Crippen molar-refractivity contribution >= 4 is 43.6 Å². The van der Waals surface area contributed by atoms with Crippen LogP contribution in [0.4, 0.5) is 13.2 Å². The molecule has 322 valence electrons. The van der Waals surface area contributed by atoms with Crippen LogP contribution in [0, 0.1) is 11.3 Å². The smallest absolute Gasteiger partial charge is 0.307 e. The van der Waals surface area contributed by atoms with Gasteiger partial charge in [0.1, 0.15) is 5.82 Å². The molecule has 0 aliphatic heterocycles. The van der Waals surface area contributed by atoms with Crippen molar-refractivity contribution in [2.24, 2.45) is 0 Å². The van der Waals surface area contributed by atoms with Gasteiger partial charge >= 0.3 is 6.18 Å². The molecule has 0 amide bonds. The molecule has 4 nitrogen and oxygen atoms in total. The molecule has 7 heteroatoms. The molecule has 0 N–H and O–H groups in total. The van der Waals surface area contributed by atoms with Crippen molar-refractivity contribution in [3.05, 3.63) is 236 Å². The zero-order valence-corrected chi connectivity index (χ0v) is 36.3. The predicted octanol–water partition coefficient (Wildman–Crippen LogP) is 16.5. The van der Waals surface area contributed by atoms with E-state index in [1.165, 1.54) is 0 Å². The summed E-state index contributed by atoms with van der Waals surface area (Å²) in [6, 6.07) is 73.6. The Morgan fingerprint density at radius 3 is 1.13 bits per heavy atom. The van der Waals surface area contributed by atoms with Gasteiger partial charge < -0.3 is 4.57 Å². The van der Waals surface area contributed by atoms with Gasteiger partial charge in [-0.25, -0.2) is 4.98 Å². The van der Waals surface area contributed by atoms with E-state index in [1.54, 1.807) is 12.3 Å². The topological polar surface area (TPSA) is 46.5 Å². The fourth-order valence-corrected chi connectivity index (χ4v) is 9.76. The Hall–Kier alpha value is -8.99. The zero-order chi connectivity index (χ0) is 45.9. The summed E-state index contributed by atoms with van der Waals surface area (Å²) in [5.74, 6) is 0.505. The molecule has 0 spiro atoms. The van der Waals surface area contributed by atoms with E-state index in [9.17, 15) is 18.4 Å². The number of hydrogen-bond acceptors (Lipinski definition) is 2. The molecule has 9 aromatic carbocycles. The standard InChI is InChI=1S/C61H37F3N4/c62-61(63,64)49-30-39(37-65)29-48(31-49)54-36-60(68-57-34-46(42-17-9-3-10-18-42)23-27-52(57)53-28-24-47(35-58(53)68)43-19-11-4-12-20-43)66-38-59(54)67-55-32-44(40-13-5-1-6-14-40)21-25-50(55)51-26-22-45(33-56(51)67)41-15-7-2-8-16-41/h1-36,38H. The summed E-state index contributed by atoms with van der Waals surface area (Å²) in [5, 5.41) is 14.2. The molecule has 0 aliphatic rings. The molecule has 0 unspecified atom stereocenters. The Morgan fingerprint density at radius 1 is 0.382 bits per heavy atom. The summed E-state index contributed by atoms with van der Waals surface area (Å²) >= 11 is 0. The highest BCUT2D eigenvalue weighted by molar-refractivity contribution is 6.13. The van der Waals surface area contributed by atoms with Crippen LogP contribution in [-0.2, 0) is 6.18 Å². The number of benzene rings is 9. The Kier molecular flexibility index (Phi) is 9.63. The van der Waals surface area contributed by atoms with E-state index in [2.05, 4.69) is 130 Å². The molecule has 0 aliphatic carbocycles. The minimum atomic E-state index is -4.71. The van der Waals surface area contributed by atoms with Crippen LogP contribution < -0.4 is 0 Å². The van der Waals surface area contributed by atoms with E-state index in [4.69, 9.17) is 4.98 Å². The monoisotopic (exact) mass is 882 g/mol. The van der Waals surface area contributed by atoms with Crippen molar-refractivity contribution in [3.63, 3.8) is 0 Å². The summed E-state index contributed by atoms with van der Waals surface area (Å²) in [6.45, 7) is 0. The molecule has 12 rings (SSSR count). The van der Waals surface area contributed by atoms with Crippen LogP contribution in [0.25, 0.3) is 111 Å². The normalized spacial score (nSPS) is 11.7. The van der Waals surface area contributed by atoms with Crippen LogP contribution >= 0.6 is 0 Å². The molecule has 0 saturated carbocycles. The number of fused-ring (bicyclic) bond motifs is 6. The Morgan fingerprint density at radius 2 is 0.765 bits per heavy atom. The van der Waals surface area contributed by atoms with Gasteiger partial charge in [-0.2, -0.15) is 18.4 Å². The van der Waals surface area contributed by atoms with Gasteiger partial charge in [0, 0.05) is 27.1 Å². The minimum Gasteiger partial charge on any atom is -0.307 e. The van der Waals surface area contributed by atoms with Crippen LogP contribution in [0.3, 0.4) is 0 Å². The second-order valence-corrected chi connectivity index (χ2v) is 17.0. The lowest BCUT2D eigenvalue weighted by Crippen LogP contribution is -2.07. The SMILES string of the molecule is N#Cc1cc(-c2cc(-n3c4cc(-c5ccccc5)ccc4c4ccc(-c5ccccc5)cc43)ncc2-n2c3cc(-c4ccccc4)ccc3c3ccc(-c4ccccc4)cc32)cc(C(F)(F)F)c1. The number of nitriles is 1. The van der Waals surface area contributed by atoms with Crippen molar-refractivity contribution in [1.82, 2.24) is 14.1 Å². The molecule has 3 aromatic heterocycles. The maximum atomic E-state index is 14.9. The first kappa shape index (κ1) is 40.5. The first-order valence-electron chi connectivity index (χ1n) is 22.3. The number of rotatable bonds is 7. The molecule has 0 saturated heterocycles. The first-order chi connectivity index (χ1) is 33.3. The zero-order valence-electron chi connectivity index (χ0n) is 36.3. The molecule has 0 fully saturated rings. The van der Waals surface area contributed by atoms with E-state index in [0.29, 0.717) is 17.1 Å². The van der Waals surface area contributed by atoms with Gasteiger partial charge in [-0.1, -0.05) is 170 Å². The van der Waals surface area contributed by atoms with Gasteiger partial charge in [0.05, 0.1) is 51.1 Å². The maximum Gasteiger partial charge on any atom is 0.416 e. The number of hydrogen-bond donors (Lipinski definition) is 0. The third-order valence-electron chi connectivity index (χ3n) is 13.0. The highest BCUT2D eigenvalue weighted by atomic mass is 19.4. The number of aromatic nitrogens is 3. The average Bonchev–Trinajstić information content (AvgIpc) is 3.90. The van der Waals surface area contributed by atoms with Crippen LogP contribution in [0.1, 0.15) is 11.1 Å². The molecule has 68 heavy (non-hydrogen) atoms. The van der Waals surface area contributed by atoms with Gasteiger partial charge in [-0.15, -0.1) is 0 Å². The average molecular weight is 883 g/mol. The van der Waals surface area contributed by atoms with Crippen molar-refractivity contribution in [2.45, 2.75) is 6.18 Å². The van der Waals surface area contributed by atoms with Gasteiger partial charge in [0.25, 0.3) is 0 Å². The van der Waals surface area contributed by atoms with Crippen LogP contribution in [0.2, 0.25) is 0 Å². The number of alkyl halides is 3. The largest absolute Gasteiger partial charge is 0.416 e. The maximum absolute atomic E-state index is 14.9. The van der Waals surface area contributed by atoms with E-state index >= 15 is 0 Å². The highest BCUT2D eigenvalue weighted by Crippen LogP contribution is 2.43. The minimum absolute atomic E-state index is 0.101. The highest BCUT2D eigenvalue weighted by Gasteiger charge is 2.32. The second-order valence-electron chi connectivity index (χ2n) is 17.0.